The number of halogens is 1. The summed E-state index contributed by atoms with van der Waals surface area (Å²) >= 11 is 3.85. The van der Waals surface area contributed by atoms with Crippen LogP contribution in [0.2, 0.25) is 0 Å². The third kappa shape index (κ3) is 2.49. The summed E-state index contributed by atoms with van der Waals surface area (Å²) in [6, 6.07) is 0. The number of aromatic nitrogens is 3. The highest BCUT2D eigenvalue weighted by Crippen LogP contribution is 2.27. The largest absolute Gasteiger partial charge is 0.358 e. The summed E-state index contributed by atoms with van der Waals surface area (Å²) in [7, 11) is 0. The van der Waals surface area contributed by atoms with Crippen LogP contribution in [0.5, 0.6) is 0 Å². The van der Waals surface area contributed by atoms with Crippen molar-refractivity contribution in [3.8, 4) is 0 Å². The van der Waals surface area contributed by atoms with Gasteiger partial charge in [-0.3, -0.25) is 0 Å². The normalized spacial score (nSPS) is 11.4. The number of nitrogens with zero attached hydrogens (tertiary/aromatic N) is 3. The molecule has 6 heteroatoms. The molecule has 0 saturated heterocycles. The minimum atomic E-state index is -0.220. The average Bonchev–Trinajstić information content (AvgIpc) is 2.75. The number of nitrogens with one attached hydrogen (secondary N) is 1. The van der Waals surface area contributed by atoms with Gasteiger partial charge in [-0.1, -0.05) is 0 Å². The number of hydrogen-bond acceptors (Lipinski definition) is 5. The first-order chi connectivity index (χ1) is 7.59. The summed E-state index contributed by atoms with van der Waals surface area (Å²) in [5, 5.41) is 6.40. The van der Waals surface area contributed by atoms with E-state index < -0.39 is 0 Å². The first-order valence-electron chi connectivity index (χ1n) is 4.73. The van der Waals surface area contributed by atoms with Gasteiger partial charge in [-0.2, -0.15) is 0 Å². The molecule has 0 aliphatic carbocycles. The standard InChI is InChI=1S/C10H11IN4S/c1-10(2,9-13-3-4-16-9)15-8-7(11)5-12-6-14-8/h3-6H,1-2H3,(H,12,14,15). The van der Waals surface area contributed by atoms with Crippen molar-refractivity contribution in [1.29, 1.82) is 0 Å². The molecule has 0 bridgehead atoms. The average molecular weight is 346 g/mol. The predicted octanol–water partition coefficient (Wildman–Crippen LogP) is 2.88. The van der Waals surface area contributed by atoms with Crippen LogP contribution in [-0.2, 0) is 5.54 Å². The molecule has 0 aromatic carbocycles. The molecule has 0 fully saturated rings. The highest BCUT2D eigenvalue weighted by atomic mass is 127. The summed E-state index contributed by atoms with van der Waals surface area (Å²) in [6.45, 7) is 4.17. The molecule has 0 aliphatic heterocycles. The summed E-state index contributed by atoms with van der Waals surface area (Å²) in [5.74, 6) is 0.843. The maximum atomic E-state index is 4.32. The molecule has 2 aromatic rings. The van der Waals surface area contributed by atoms with Crippen LogP contribution < -0.4 is 5.32 Å². The van der Waals surface area contributed by atoms with E-state index in [1.807, 2.05) is 11.6 Å². The van der Waals surface area contributed by atoms with E-state index >= 15 is 0 Å². The maximum absolute atomic E-state index is 4.32. The smallest absolute Gasteiger partial charge is 0.143 e. The molecule has 0 amide bonds. The van der Waals surface area contributed by atoms with Gasteiger partial charge in [0.1, 0.15) is 17.2 Å². The summed E-state index contributed by atoms with van der Waals surface area (Å²) in [5.41, 5.74) is -0.220. The maximum Gasteiger partial charge on any atom is 0.143 e. The molecule has 0 radical (unpaired) electrons. The van der Waals surface area contributed by atoms with E-state index in [-0.39, 0.29) is 5.54 Å². The van der Waals surface area contributed by atoms with Crippen molar-refractivity contribution in [1.82, 2.24) is 15.0 Å². The van der Waals surface area contributed by atoms with E-state index in [0.717, 1.165) is 14.4 Å². The zero-order valence-electron chi connectivity index (χ0n) is 8.94. The van der Waals surface area contributed by atoms with Gasteiger partial charge in [-0.15, -0.1) is 11.3 Å². The molecule has 1 N–H and O–H groups in total. The number of thiazole rings is 1. The lowest BCUT2D eigenvalue weighted by Gasteiger charge is -2.24. The van der Waals surface area contributed by atoms with Crippen LogP contribution in [0.1, 0.15) is 18.9 Å². The van der Waals surface area contributed by atoms with Crippen molar-refractivity contribution in [2.45, 2.75) is 19.4 Å². The van der Waals surface area contributed by atoms with E-state index in [1.165, 1.54) is 0 Å². The zero-order valence-corrected chi connectivity index (χ0v) is 11.9. The van der Waals surface area contributed by atoms with Gasteiger partial charge in [0.05, 0.1) is 9.11 Å². The van der Waals surface area contributed by atoms with Gasteiger partial charge in [0, 0.05) is 17.8 Å². The van der Waals surface area contributed by atoms with E-state index in [4.69, 9.17) is 0 Å². The Hall–Kier alpha value is -0.760. The molecule has 16 heavy (non-hydrogen) atoms. The van der Waals surface area contributed by atoms with Gasteiger partial charge >= 0.3 is 0 Å². The first kappa shape index (κ1) is 11.7. The van der Waals surface area contributed by atoms with Gasteiger partial charge in [0.2, 0.25) is 0 Å². The quantitative estimate of drug-likeness (QED) is 0.869. The van der Waals surface area contributed by atoms with Crippen LogP contribution >= 0.6 is 33.9 Å². The van der Waals surface area contributed by atoms with Crippen LogP contribution in [0.4, 0.5) is 5.82 Å². The van der Waals surface area contributed by atoms with Crippen LogP contribution in [0.3, 0.4) is 0 Å². The number of anilines is 1. The van der Waals surface area contributed by atoms with Gasteiger partial charge in [0.15, 0.2) is 0 Å². The fourth-order valence-electron chi connectivity index (χ4n) is 1.29. The molecule has 4 nitrogen and oxygen atoms in total. The fraction of sp³-hybridized carbons (Fsp3) is 0.300. The third-order valence-corrected chi connectivity index (χ3v) is 3.95. The third-order valence-electron chi connectivity index (χ3n) is 2.07. The van der Waals surface area contributed by atoms with Crippen LogP contribution in [0, 0.1) is 3.57 Å². The zero-order chi connectivity index (χ0) is 11.6. The first-order valence-corrected chi connectivity index (χ1v) is 6.69. The lowest BCUT2D eigenvalue weighted by Crippen LogP contribution is -2.28. The molecule has 2 rings (SSSR count). The molecule has 2 heterocycles. The Bertz CT molecular complexity index is 469. The SMILES string of the molecule is CC(C)(Nc1ncncc1I)c1nccs1. The van der Waals surface area contributed by atoms with E-state index in [0.29, 0.717) is 0 Å². The molecule has 0 saturated carbocycles. The molecular weight excluding hydrogens is 335 g/mol. The Morgan fingerprint density at radius 1 is 1.38 bits per heavy atom. The van der Waals surface area contributed by atoms with Gasteiger partial charge in [0.25, 0.3) is 0 Å². The van der Waals surface area contributed by atoms with Crippen molar-refractivity contribution < 1.29 is 0 Å². The fourth-order valence-corrected chi connectivity index (χ4v) is 2.44. The molecule has 0 spiro atoms. The van der Waals surface area contributed by atoms with Crippen molar-refractivity contribution in [2.75, 3.05) is 5.32 Å². The lowest BCUT2D eigenvalue weighted by molar-refractivity contribution is 0.600. The predicted molar refractivity (Wildman–Crippen MR) is 73.5 cm³/mol. The Morgan fingerprint density at radius 2 is 2.19 bits per heavy atom. The van der Waals surface area contributed by atoms with Crippen molar-refractivity contribution in [2.24, 2.45) is 0 Å². The monoisotopic (exact) mass is 346 g/mol. The minimum Gasteiger partial charge on any atom is -0.358 e. The Labute approximate surface area is 112 Å². The number of rotatable bonds is 3. The van der Waals surface area contributed by atoms with Crippen molar-refractivity contribution in [3.63, 3.8) is 0 Å². The molecule has 2 aromatic heterocycles. The summed E-state index contributed by atoms with van der Waals surface area (Å²) in [4.78, 5) is 12.5. The summed E-state index contributed by atoms with van der Waals surface area (Å²) < 4.78 is 1.00. The molecular formula is C10H11IN4S. The van der Waals surface area contributed by atoms with Gasteiger partial charge < -0.3 is 5.32 Å². The van der Waals surface area contributed by atoms with E-state index in [2.05, 4.69) is 56.7 Å². The van der Waals surface area contributed by atoms with Crippen LogP contribution in [0.15, 0.2) is 24.1 Å². The topological polar surface area (TPSA) is 50.7 Å². The van der Waals surface area contributed by atoms with E-state index in [9.17, 15) is 0 Å². The second-order valence-electron chi connectivity index (χ2n) is 3.81. The number of hydrogen-bond donors (Lipinski definition) is 1. The summed E-state index contributed by atoms with van der Waals surface area (Å²) in [6.07, 6.45) is 5.14. The second-order valence-corrected chi connectivity index (χ2v) is 5.86. The van der Waals surface area contributed by atoms with Crippen LogP contribution in [-0.4, -0.2) is 15.0 Å². The van der Waals surface area contributed by atoms with Gasteiger partial charge in [-0.25, -0.2) is 15.0 Å². The highest BCUT2D eigenvalue weighted by Gasteiger charge is 2.24. The Morgan fingerprint density at radius 3 is 2.81 bits per heavy atom. The molecule has 0 unspecified atom stereocenters. The Balaban J connectivity index is 2.25. The molecule has 84 valence electrons. The van der Waals surface area contributed by atoms with Gasteiger partial charge in [-0.05, 0) is 36.4 Å². The van der Waals surface area contributed by atoms with Crippen molar-refractivity contribution >= 4 is 39.7 Å². The van der Waals surface area contributed by atoms with Crippen LogP contribution in [0.25, 0.3) is 0 Å². The highest BCUT2D eigenvalue weighted by molar-refractivity contribution is 14.1. The second kappa shape index (κ2) is 4.62. The lowest BCUT2D eigenvalue weighted by atomic mass is 10.1. The minimum absolute atomic E-state index is 0.220. The molecule has 0 atom stereocenters. The van der Waals surface area contributed by atoms with E-state index in [1.54, 1.807) is 23.9 Å². The van der Waals surface area contributed by atoms with Crippen molar-refractivity contribution in [3.05, 3.63) is 32.7 Å². The molecule has 0 aliphatic rings. The Kier molecular flexibility index (Phi) is 3.38.